The largest absolute Gasteiger partial charge is 0.355 e. The van der Waals surface area contributed by atoms with Crippen LogP contribution in [0.2, 0.25) is 0 Å². The maximum atomic E-state index is 4.62. The molecule has 2 aliphatic rings. The molecule has 2 N–H and O–H groups in total. The normalized spacial score (nSPS) is 12.2. The van der Waals surface area contributed by atoms with Gasteiger partial charge in [-0.1, -0.05) is 0 Å². The molecule has 5 heterocycles. The number of nitrogens with zero attached hydrogens (tertiary/aromatic N) is 2. The Morgan fingerprint density at radius 2 is 0.840 bits per heavy atom. The van der Waals surface area contributed by atoms with Crippen LogP contribution in [-0.2, 0) is 27.3 Å². The summed E-state index contributed by atoms with van der Waals surface area (Å²) in [4.78, 5) is 16.0. The third kappa shape index (κ3) is 3.34. The summed E-state index contributed by atoms with van der Waals surface area (Å²) in [5, 5.41) is 0. The zero-order valence-corrected chi connectivity index (χ0v) is 17.6. The van der Waals surface area contributed by atoms with E-state index in [1.165, 1.54) is 0 Å². The van der Waals surface area contributed by atoms with Gasteiger partial charge in [-0.05, 0) is 72.8 Å². The molecule has 0 saturated carbocycles. The molecule has 0 radical (unpaired) electrons. The predicted molar refractivity (Wildman–Crippen MR) is 98.9 cm³/mol. The van der Waals surface area contributed by atoms with E-state index in [2.05, 4.69) is 50.3 Å². The van der Waals surface area contributed by atoms with Gasteiger partial charge in [-0.2, -0.15) is 0 Å². The van der Waals surface area contributed by atoms with Gasteiger partial charge in [0.05, 0.1) is 22.8 Å². The van der Waals surface area contributed by atoms with E-state index in [1.807, 2.05) is 42.5 Å². The number of aromatic amines is 2. The van der Waals surface area contributed by atoms with Crippen LogP contribution in [0.15, 0.2) is 48.5 Å². The first-order valence-corrected chi connectivity index (χ1v) is 7.85. The third-order valence-electron chi connectivity index (χ3n) is 4.04. The molecule has 3 aromatic heterocycles. The van der Waals surface area contributed by atoms with Crippen molar-refractivity contribution in [3.8, 4) is 0 Å². The fourth-order valence-corrected chi connectivity index (χ4v) is 2.94. The molecule has 0 fully saturated rings. The first kappa shape index (κ1) is 16.0. The molecular formula is C20H14CdN4. The van der Waals surface area contributed by atoms with Gasteiger partial charge in [-0.15, -0.1) is 0 Å². The van der Waals surface area contributed by atoms with Crippen LogP contribution >= 0.6 is 0 Å². The summed E-state index contributed by atoms with van der Waals surface area (Å²) in [7, 11) is 0. The molecule has 0 aliphatic carbocycles. The number of aromatic nitrogens is 4. The second-order valence-corrected chi connectivity index (χ2v) is 5.91. The van der Waals surface area contributed by atoms with Crippen LogP contribution in [0.5, 0.6) is 0 Å². The monoisotopic (exact) mass is 424 g/mol. The Kier molecular flexibility index (Phi) is 4.12. The molecule has 0 atom stereocenters. The van der Waals surface area contributed by atoms with Gasteiger partial charge in [0.1, 0.15) is 0 Å². The average Bonchev–Trinajstić information content (AvgIpc) is 3.32. The maximum absolute atomic E-state index is 4.62. The number of fused-ring (bicyclic) bond motifs is 8. The van der Waals surface area contributed by atoms with E-state index in [0.717, 1.165) is 44.8 Å². The molecule has 0 unspecified atom stereocenters. The number of nitrogens with one attached hydrogen (secondary N) is 2. The zero-order valence-electron chi connectivity index (χ0n) is 13.5. The Labute approximate surface area is 164 Å². The van der Waals surface area contributed by atoms with Crippen molar-refractivity contribution in [2.45, 2.75) is 0 Å². The molecule has 0 spiro atoms. The van der Waals surface area contributed by atoms with Crippen molar-refractivity contribution in [2.75, 3.05) is 0 Å². The fourth-order valence-electron chi connectivity index (χ4n) is 2.94. The minimum absolute atomic E-state index is 0. The summed E-state index contributed by atoms with van der Waals surface area (Å²) in [6.45, 7) is 0. The van der Waals surface area contributed by atoms with E-state index >= 15 is 0 Å². The zero-order chi connectivity index (χ0) is 15.9. The molecule has 0 aromatic carbocycles. The van der Waals surface area contributed by atoms with Crippen molar-refractivity contribution in [1.82, 2.24) is 19.9 Å². The first-order chi connectivity index (χ1) is 11.8. The van der Waals surface area contributed by atoms with Gasteiger partial charge >= 0.3 is 0 Å². The van der Waals surface area contributed by atoms with Gasteiger partial charge in [0.15, 0.2) is 0 Å². The summed E-state index contributed by atoms with van der Waals surface area (Å²) >= 11 is 0. The molecule has 2 aliphatic heterocycles. The van der Waals surface area contributed by atoms with Crippen molar-refractivity contribution in [2.24, 2.45) is 0 Å². The van der Waals surface area contributed by atoms with Gasteiger partial charge < -0.3 is 9.97 Å². The van der Waals surface area contributed by atoms with Gasteiger partial charge in [0.2, 0.25) is 0 Å². The van der Waals surface area contributed by atoms with E-state index in [0.29, 0.717) is 0 Å². The summed E-state index contributed by atoms with van der Waals surface area (Å²) in [5.74, 6) is 0. The maximum Gasteiger partial charge on any atom is 0.0659 e. The van der Waals surface area contributed by atoms with E-state index in [-0.39, 0.29) is 27.3 Å². The van der Waals surface area contributed by atoms with E-state index < -0.39 is 0 Å². The van der Waals surface area contributed by atoms with Crippen LogP contribution in [0.25, 0.3) is 46.4 Å². The minimum atomic E-state index is 0. The summed E-state index contributed by atoms with van der Waals surface area (Å²) in [6, 6.07) is 16.4. The molecule has 116 valence electrons. The van der Waals surface area contributed by atoms with Crippen LogP contribution in [0.1, 0.15) is 22.8 Å². The third-order valence-corrected chi connectivity index (χ3v) is 4.04. The molecule has 25 heavy (non-hydrogen) atoms. The van der Waals surface area contributed by atoms with Crippen molar-refractivity contribution in [3.05, 3.63) is 71.3 Å². The van der Waals surface area contributed by atoms with Crippen molar-refractivity contribution < 1.29 is 27.3 Å². The van der Waals surface area contributed by atoms with Crippen molar-refractivity contribution >= 4 is 46.4 Å². The van der Waals surface area contributed by atoms with Crippen molar-refractivity contribution in [1.29, 1.82) is 0 Å². The van der Waals surface area contributed by atoms with Crippen LogP contribution in [-0.4, -0.2) is 19.9 Å². The molecule has 0 amide bonds. The van der Waals surface area contributed by atoms with E-state index in [4.69, 9.17) is 0 Å². The Morgan fingerprint density at radius 3 is 1.28 bits per heavy atom. The van der Waals surface area contributed by atoms with Gasteiger partial charge in [-0.3, -0.25) is 0 Å². The fraction of sp³-hybridized carbons (Fsp3) is 0. The number of hydrogen-bond acceptors (Lipinski definition) is 2. The molecule has 0 saturated heterocycles. The van der Waals surface area contributed by atoms with Crippen LogP contribution in [0, 0.1) is 0 Å². The number of H-pyrrole nitrogens is 2. The Balaban J connectivity index is 0.00000157. The standard InChI is InChI=1S/C20H14N4.Cd/c1-2-14-10-16-5-6-18(23-16)12-20-8-7-19(24-20)11-17-4-3-15(22-17)9-13(1)21-14;/h1-12,21-22H;. The second kappa shape index (κ2) is 6.44. The topological polar surface area (TPSA) is 57.4 Å². The molecule has 4 nitrogen and oxygen atoms in total. The van der Waals surface area contributed by atoms with Crippen LogP contribution in [0.4, 0.5) is 0 Å². The number of rotatable bonds is 0. The van der Waals surface area contributed by atoms with Gasteiger partial charge in [0.25, 0.3) is 0 Å². The predicted octanol–water partition coefficient (Wildman–Crippen LogP) is 4.65. The van der Waals surface area contributed by atoms with E-state index in [1.54, 1.807) is 0 Å². The van der Waals surface area contributed by atoms with Crippen molar-refractivity contribution in [3.63, 3.8) is 0 Å². The van der Waals surface area contributed by atoms with Crippen LogP contribution < -0.4 is 0 Å². The summed E-state index contributed by atoms with van der Waals surface area (Å²) < 4.78 is 0. The van der Waals surface area contributed by atoms with E-state index in [9.17, 15) is 0 Å². The number of hydrogen-bond donors (Lipinski definition) is 2. The molecule has 8 bridgehead atoms. The molecular weight excluding hydrogens is 409 g/mol. The summed E-state index contributed by atoms with van der Waals surface area (Å²) in [5.41, 5.74) is 7.86. The molecule has 5 rings (SSSR count). The Hall–Kier alpha value is -2.48. The molecule has 5 heteroatoms. The smallest absolute Gasteiger partial charge is 0.0659 e. The van der Waals surface area contributed by atoms with Gasteiger partial charge in [0, 0.05) is 49.4 Å². The van der Waals surface area contributed by atoms with Gasteiger partial charge in [-0.25, -0.2) is 9.97 Å². The SMILES string of the molecule is C1=Cc2cc3ccc(cc4ccc(cc5nc(cc1n2)C=C5)[nH]4)[nH]3.[Cd]. The Bertz CT molecular complexity index is 1080. The minimum Gasteiger partial charge on any atom is -0.355 e. The quantitative estimate of drug-likeness (QED) is 0.357. The van der Waals surface area contributed by atoms with Crippen LogP contribution in [0.3, 0.4) is 0 Å². The molecule has 3 aromatic rings. The summed E-state index contributed by atoms with van der Waals surface area (Å²) in [6.07, 6.45) is 8.05. The second-order valence-electron chi connectivity index (χ2n) is 5.91. The average molecular weight is 423 g/mol. The first-order valence-electron chi connectivity index (χ1n) is 7.85. The Morgan fingerprint density at radius 1 is 0.480 bits per heavy atom.